The number of carbonyl (C=O) groups is 3. The van der Waals surface area contributed by atoms with E-state index in [2.05, 4.69) is 19.7 Å². The van der Waals surface area contributed by atoms with Crippen molar-refractivity contribution in [2.24, 2.45) is 23.7 Å². The minimum atomic E-state index is -5.29. The molecule has 0 radical (unpaired) electrons. The number of halogens is 1. The summed E-state index contributed by atoms with van der Waals surface area (Å²) in [4.78, 5) is 46.7. The summed E-state index contributed by atoms with van der Waals surface area (Å²) in [6.07, 6.45) is 1.58. The van der Waals surface area contributed by atoms with Crippen LogP contribution < -0.4 is 31.9 Å². The van der Waals surface area contributed by atoms with Crippen molar-refractivity contribution in [2.75, 3.05) is 18.9 Å². The predicted molar refractivity (Wildman–Crippen MR) is 163 cm³/mol. The maximum Gasteiger partial charge on any atom is 0.351 e. The number of aliphatic carboxylic acids is 1. The van der Waals surface area contributed by atoms with E-state index in [9.17, 15) is 32.5 Å². The SMILES string of the molecule is C[n+]1cc(-c2ccc(OCC(O/N=C(\C(=O)N[C@@H]3C(=O)N(OS(=O)(=O)[O-])C3(C)C)c3csc(N)n3)C(=O)O)cc2F)cn1CC(N)CN. The van der Waals surface area contributed by atoms with Crippen LogP contribution in [0, 0.1) is 5.82 Å². The van der Waals surface area contributed by atoms with Crippen molar-refractivity contribution in [2.45, 2.75) is 44.1 Å². The lowest BCUT2D eigenvalue weighted by atomic mass is 9.84. The molecule has 22 heteroatoms. The molecule has 48 heavy (non-hydrogen) atoms. The fourth-order valence-electron chi connectivity index (χ4n) is 4.47. The van der Waals surface area contributed by atoms with Gasteiger partial charge in [-0.3, -0.25) is 9.59 Å². The number of hydroxylamine groups is 2. The smallest absolute Gasteiger partial charge is 0.351 e. The number of amides is 2. The van der Waals surface area contributed by atoms with Crippen LogP contribution in [0.4, 0.5) is 9.52 Å². The van der Waals surface area contributed by atoms with E-state index < -0.39 is 64.0 Å². The summed E-state index contributed by atoms with van der Waals surface area (Å²) in [5.41, 5.74) is 15.7. The Morgan fingerprint density at radius 2 is 2.06 bits per heavy atom. The Morgan fingerprint density at radius 1 is 1.35 bits per heavy atom. The maximum atomic E-state index is 15.1. The van der Waals surface area contributed by atoms with Gasteiger partial charge in [0.1, 0.15) is 29.9 Å². The van der Waals surface area contributed by atoms with Crippen LogP contribution >= 0.6 is 11.3 Å². The van der Waals surface area contributed by atoms with Crippen LogP contribution in [0.5, 0.6) is 5.75 Å². The van der Waals surface area contributed by atoms with E-state index >= 15 is 4.39 Å². The molecule has 260 valence electrons. The molecule has 0 saturated carbocycles. The van der Waals surface area contributed by atoms with Crippen LogP contribution in [0.15, 0.2) is 41.1 Å². The van der Waals surface area contributed by atoms with Gasteiger partial charge in [0, 0.05) is 29.6 Å². The molecule has 3 aromatic rings. The van der Waals surface area contributed by atoms with Crippen molar-refractivity contribution in [3.63, 3.8) is 0 Å². The third-order valence-electron chi connectivity index (χ3n) is 7.04. The molecule has 8 N–H and O–H groups in total. The lowest BCUT2D eigenvalue weighted by molar-refractivity contribution is -0.753. The molecule has 0 spiro atoms. The van der Waals surface area contributed by atoms with Gasteiger partial charge >= 0.3 is 5.97 Å². The van der Waals surface area contributed by atoms with Gasteiger partial charge in [0.15, 0.2) is 17.9 Å². The van der Waals surface area contributed by atoms with Crippen LogP contribution in [0.25, 0.3) is 11.1 Å². The minimum Gasteiger partial charge on any atom is -0.724 e. The average Bonchev–Trinajstić information content (AvgIpc) is 3.59. The second kappa shape index (κ2) is 14.2. The van der Waals surface area contributed by atoms with Gasteiger partial charge in [-0.25, -0.2) is 22.6 Å². The molecule has 0 bridgehead atoms. The van der Waals surface area contributed by atoms with Gasteiger partial charge < -0.3 is 41.8 Å². The number of thiazole rings is 1. The molecular formula is C26H32FN9O10S2. The first-order valence-electron chi connectivity index (χ1n) is 13.8. The molecule has 2 amide bonds. The van der Waals surface area contributed by atoms with Crippen molar-refractivity contribution in [3.8, 4) is 16.9 Å². The molecule has 4 rings (SSSR count). The number of ether oxygens (including phenoxy) is 1. The van der Waals surface area contributed by atoms with Crippen LogP contribution in [0.2, 0.25) is 0 Å². The molecule has 1 fully saturated rings. The third kappa shape index (κ3) is 8.21. The van der Waals surface area contributed by atoms with E-state index in [1.807, 2.05) is 0 Å². The summed E-state index contributed by atoms with van der Waals surface area (Å²) in [7, 11) is -3.53. The summed E-state index contributed by atoms with van der Waals surface area (Å²) < 4.78 is 61.1. The summed E-state index contributed by atoms with van der Waals surface area (Å²) >= 11 is 0.914. The molecule has 1 aliphatic heterocycles. The summed E-state index contributed by atoms with van der Waals surface area (Å²) in [5, 5.41) is 17.3. The largest absolute Gasteiger partial charge is 0.724 e. The van der Waals surface area contributed by atoms with E-state index in [1.165, 1.54) is 31.4 Å². The molecule has 19 nitrogen and oxygen atoms in total. The topological polar surface area (TPSA) is 284 Å². The molecule has 1 aromatic carbocycles. The Morgan fingerprint density at radius 3 is 2.62 bits per heavy atom. The van der Waals surface area contributed by atoms with E-state index in [0.29, 0.717) is 12.1 Å². The number of anilines is 1. The minimum absolute atomic E-state index is 0.0128. The number of hydrogen-bond acceptors (Lipinski definition) is 15. The van der Waals surface area contributed by atoms with Crippen molar-refractivity contribution >= 4 is 50.4 Å². The molecule has 3 heterocycles. The number of hydrogen-bond donors (Lipinski definition) is 5. The number of carbonyl (C=O) groups excluding carboxylic acids is 2. The summed E-state index contributed by atoms with van der Waals surface area (Å²) in [6, 6.07) is 2.23. The molecule has 2 unspecified atom stereocenters. The van der Waals surface area contributed by atoms with Gasteiger partial charge in [0.25, 0.3) is 17.9 Å². The highest BCUT2D eigenvalue weighted by atomic mass is 32.3. The van der Waals surface area contributed by atoms with E-state index in [1.54, 1.807) is 28.8 Å². The second-order valence-corrected chi connectivity index (χ2v) is 12.8. The highest BCUT2D eigenvalue weighted by molar-refractivity contribution is 7.80. The zero-order chi connectivity index (χ0) is 35.6. The standard InChI is InChI=1S/C26H32FN9O10S2/c1-26(2)21(23(38)36(26)46-48(41,42)43)32-22(37)20(18-12-47-25(30)31-18)33-45-19(24(39)40)11-44-15-4-5-16(17(27)6-15)13-8-34(3)35(9-13)10-14(29)7-28/h4-6,8-9,12,14,19,21H,7,10-11,28-29H2,1-3H3,(H4-,30,31,32,37,39,40,41,42,43)/b33-20-/t14?,19?,21-/m1/s1. The Balaban J connectivity index is 1.47. The molecule has 2 aromatic heterocycles. The van der Waals surface area contributed by atoms with Crippen molar-refractivity contribution < 1.29 is 55.4 Å². The number of nitrogen functional groups attached to an aromatic ring is 1. The zero-order valence-electron chi connectivity index (χ0n) is 25.6. The number of nitrogens with one attached hydrogen (secondary N) is 1. The van der Waals surface area contributed by atoms with Gasteiger partial charge in [-0.15, -0.1) is 16.0 Å². The Hall–Kier alpha value is -4.74. The number of carboxylic acids is 1. The highest BCUT2D eigenvalue weighted by Gasteiger charge is 2.57. The second-order valence-electron chi connectivity index (χ2n) is 11.0. The van der Waals surface area contributed by atoms with Crippen molar-refractivity contribution in [1.29, 1.82) is 0 Å². The lowest BCUT2D eigenvalue weighted by Crippen LogP contribution is -2.76. The fraction of sp³-hybridized carbons (Fsp3) is 0.385. The predicted octanol–water partition coefficient (Wildman–Crippen LogP) is -1.81. The number of β-lactam (4-membered cyclic amide) rings is 1. The first-order valence-corrected chi connectivity index (χ1v) is 16.0. The number of aryl methyl sites for hydroxylation is 1. The Bertz CT molecular complexity index is 1850. The van der Waals surface area contributed by atoms with E-state index in [0.717, 1.165) is 17.4 Å². The number of benzene rings is 1. The van der Waals surface area contributed by atoms with Crippen LogP contribution in [0.3, 0.4) is 0 Å². The molecular weight excluding hydrogens is 681 g/mol. The van der Waals surface area contributed by atoms with Crippen molar-refractivity contribution in [1.82, 2.24) is 20.0 Å². The quantitative estimate of drug-likeness (QED) is 0.0290. The Kier molecular flexibility index (Phi) is 10.7. The highest BCUT2D eigenvalue weighted by Crippen LogP contribution is 2.33. The fourth-order valence-corrected chi connectivity index (χ4v) is 5.46. The Labute approximate surface area is 276 Å². The van der Waals surface area contributed by atoms with Crippen LogP contribution in [-0.4, -0.2) is 93.2 Å². The van der Waals surface area contributed by atoms with Gasteiger partial charge in [-0.05, 0) is 26.0 Å². The number of nitrogens with two attached hydrogens (primary N) is 3. The van der Waals surface area contributed by atoms with Gasteiger partial charge in [0.05, 0.1) is 23.8 Å². The number of aromatic nitrogens is 3. The van der Waals surface area contributed by atoms with Crippen molar-refractivity contribution in [3.05, 3.63) is 47.5 Å². The molecule has 0 aliphatic carbocycles. The third-order valence-corrected chi connectivity index (χ3v) is 8.05. The first-order chi connectivity index (χ1) is 22.4. The zero-order valence-corrected chi connectivity index (χ0v) is 27.2. The lowest BCUT2D eigenvalue weighted by Gasteiger charge is -2.51. The number of nitrogens with zero attached hydrogens (tertiary/aromatic N) is 5. The molecule has 1 aliphatic rings. The number of rotatable bonds is 15. The van der Waals surface area contributed by atoms with Gasteiger partial charge in [-0.2, -0.15) is 14.0 Å². The maximum absolute atomic E-state index is 15.1. The first kappa shape index (κ1) is 36.1. The van der Waals surface area contributed by atoms with Crippen LogP contribution in [-0.2, 0) is 47.5 Å². The van der Waals surface area contributed by atoms with E-state index in [-0.39, 0.29) is 39.8 Å². The summed E-state index contributed by atoms with van der Waals surface area (Å²) in [6.45, 7) is 2.61. The number of oxime groups is 1. The van der Waals surface area contributed by atoms with Gasteiger partial charge in [0.2, 0.25) is 16.6 Å². The average molecular weight is 714 g/mol. The normalized spacial score (nSPS) is 17.4. The molecule has 1 saturated heterocycles. The summed E-state index contributed by atoms with van der Waals surface area (Å²) in [5.74, 6) is -4.41. The van der Waals surface area contributed by atoms with Gasteiger partial charge in [-0.1, -0.05) is 5.16 Å². The van der Waals surface area contributed by atoms with Crippen LogP contribution in [0.1, 0.15) is 19.5 Å². The number of carboxylic acid groups (broad SMARTS) is 1. The molecule has 3 atom stereocenters. The monoisotopic (exact) mass is 713 g/mol. The van der Waals surface area contributed by atoms with E-state index in [4.69, 9.17) is 26.8 Å².